The number of methoxy groups -OCH3 is 1. The lowest BCUT2D eigenvalue weighted by Crippen LogP contribution is -2.14. The van der Waals surface area contributed by atoms with Crippen LogP contribution in [0.1, 0.15) is 27.6 Å². The van der Waals surface area contributed by atoms with Crippen LogP contribution < -0.4 is 4.74 Å². The predicted molar refractivity (Wildman–Crippen MR) is 99.7 cm³/mol. The minimum Gasteiger partial charge on any atom is -0.480 e. The monoisotopic (exact) mass is 399 g/mol. The third kappa shape index (κ3) is 4.37. The van der Waals surface area contributed by atoms with Crippen molar-refractivity contribution < 1.29 is 28.0 Å². The molecule has 0 heterocycles. The Bertz CT molecular complexity index is 1050. The summed E-state index contributed by atoms with van der Waals surface area (Å²) >= 11 is 0. The lowest BCUT2D eigenvalue weighted by molar-refractivity contribution is -0.384. The van der Waals surface area contributed by atoms with Gasteiger partial charge in [-0.15, -0.1) is 0 Å². The molecule has 1 unspecified atom stereocenters. The van der Waals surface area contributed by atoms with Crippen molar-refractivity contribution in [2.24, 2.45) is 0 Å². The fraction of sp³-hybridized carbons (Fsp3) is 0.0952. The average molecular weight is 399 g/mol. The second-order valence-corrected chi connectivity index (χ2v) is 6.00. The van der Waals surface area contributed by atoms with Crippen molar-refractivity contribution in [3.63, 3.8) is 0 Å². The lowest BCUT2D eigenvalue weighted by Gasteiger charge is -2.22. The second kappa shape index (κ2) is 8.47. The highest BCUT2D eigenvalue weighted by Gasteiger charge is 2.25. The van der Waals surface area contributed by atoms with E-state index in [9.17, 15) is 23.7 Å². The number of carbonyl (C=O) groups is 1. The van der Waals surface area contributed by atoms with Gasteiger partial charge < -0.3 is 9.47 Å². The summed E-state index contributed by atoms with van der Waals surface area (Å²) in [6, 6.07) is 14.5. The number of hydrogen-bond donors (Lipinski definition) is 0. The Morgan fingerprint density at radius 3 is 2.34 bits per heavy atom. The summed E-state index contributed by atoms with van der Waals surface area (Å²) in [6.45, 7) is 0. The molecule has 1 atom stereocenters. The normalized spacial score (nSPS) is 11.6. The van der Waals surface area contributed by atoms with Crippen LogP contribution in [0.5, 0.6) is 5.75 Å². The van der Waals surface area contributed by atoms with Crippen LogP contribution in [-0.4, -0.2) is 18.0 Å². The molecule has 0 saturated carbocycles. The molecule has 29 heavy (non-hydrogen) atoms. The molecule has 0 amide bonds. The second-order valence-electron chi connectivity index (χ2n) is 6.00. The molecule has 3 aromatic rings. The Balaban J connectivity index is 2.11. The molecule has 0 spiro atoms. The van der Waals surface area contributed by atoms with Gasteiger partial charge in [-0.3, -0.25) is 10.1 Å². The average Bonchev–Trinajstić information content (AvgIpc) is 2.72. The highest BCUT2D eigenvalue weighted by Crippen LogP contribution is 2.33. The van der Waals surface area contributed by atoms with Gasteiger partial charge in [0.05, 0.1) is 12.0 Å². The van der Waals surface area contributed by atoms with Crippen LogP contribution in [0.2, 0.25) is 0 Å². The number of non-ortho nitro benzene ring substituents is 1. The zero-order valence-electron chi connectivity index (χ0n) is 15.2. The van der Waals surface area contributed by atoms with Gasteiger partial charge in [0.15, 0.2) is 6.10 Å². The van der Waals surface area contributed by atoms with Gasteiger partial charge >= 0.3 is 5.97 Å². The van der Waals surface area contributed by atoms with Crippen molar-refractivity contribution in [2.75, 3.05) is 7.11 Å². The summed E-state index contributed by atoms with van der Waals surface area (Å²) in [4.78, 5) is 22.5. The van der Waals surface area contributed by atoms with Crippen molar-refractivity contribution in [2.45, 2.75) is 6.10 Å². The Morgan fingerprint density at radius 2 is 1.72 bits per heavy atom. The van der Waals surface area contributed by atoms with Crippen molar-refractivity contribution >= 4 is 11.7 Å². The van der Waals surface area contributed by atoms with Gasteiger partial charge in [0, 0.05) is 17.7 Å². The zero-order chi connectivity index (χ0) is 21.0. The molecule has 6 nitrogen and oxygen atoms in total. The highest BCUT2D eigenvalue weighted by molar-refractivity contribution is 5.93. The maximum atomic E-state index is 14.5. The maximum Gasteiger partial charge on any atom is 0.341 e. The van der Waals surface area contributed by atoms with Gasteiger partial charge in [-0.2, -0.15) is 0 Å². The Kier molecular flexibility index (Phi) is 5.82. The van der Waals surface area contributed by atoms with E-state index in [0.29, 0.717) is 5.56 Å². The minimum atomic E-state index is -1.04. The van der Waals surface area contributed by atoms with Crippen molar-refractivity contribution in [3.05, 3.63) is 105 Å². The number of nitrogens with zero attached hydrogens (tertiary/aromatic N) is 1. The lowest BCUT2D eigenvalue weighted by atomic mass is 10.0. The van der Waals surface area contributed by atoms with E-state index in [-0.39, 0.29) is 22.6 Å². The number of rotatable bonds is 6. The number of carbonyl (C=O) groups excluding carboxylic acids is 1. The number of halogens is 2. The molecule has 0 aliphatic carbocycles. The quantitative estimate of drug-likeness (QED) is 0.337. The largest absolute Gasteiger partial charge is 0.480 e. The van der Waals surface area contributed by atoms with E-state index in [2.05, 4.69) is 4.74 Å². The Labute approximate surface area is 164 Å². The predicted octanol–water partition coefficient (Wildman–Crippen LogP) is 4.83. The van der Waals surface area contributed by atoms with E-state index < -0.39 is 28.6 Å². The number of esters is 1. The molecular formula is C21H15F2NO5. The third-order valence-corrected chi connectivity index (χ3v) is 4.18. The van der Waals surface area contributed by atoms with Crippen LogP contribution >= 0.6 is 0 Å². The Hall–Kier alpha value is -3.81. The van der Waals surface area contributed by atoms with E-state index in [1.165, 1.54) is 48.5 Å². The molecule has 0 aromatic heterocycles. The molecule has 0 fully saturated rings. The SMILES string of the molecule is COC(=O)c1cc([N+](=O)[O-])ccc1OC(c1ccc(F)cc1)c1ccccc1F. The van der Waals surface area contributed by atoms with Crippen molar-refractivity contribution in [3.8, 4) is 5.75 Å². The van der Waals surface area contributed by atoms with Gasteiger partial charge in [0.25, 0.3) is 5.69 Å². The van der Waals surface area contributed by atoms with Crippen LogP contribution in [0.3, 0.4) is 0 Å². The fourth-order valence-corrected chi connectivity index (χ4v) is 2.77. The number of ether oxygens (including phenoxy) is 2. The summed E-state index contributed by atoms with van der Waals surface area (Å²) < 4.78 is 38.4. The topological polar surface area (TPSA) is 78.7 Å². The molecule has 3 aromatic carbocycles. The zero-order valence-corrected chi connectivity index (χ0v) is 15.2. The third-order valence-electron chi connectivity index (χ3n) is 4.18. The number of benzene rings is 3. The van der Waals surface area contributed by atoms with Crippen LogP contribution in [-0.2, 0) is 4.74 Å². The van der Waals surface area contributed by atoms with E-state index in [1.54, 1.807) is 6.07 Å². The molecule has 148 valence electrons. The summed E-state index contributed by atoms with van der Waals surface area (Å²) in [5.41, 5.74) is 0.0473. The van der Waals surface area contributed by atoms with Gasteiger partial charge in [0.2, 0.25) is 0 Å². The maximum absolute atomic E-state index is 14.5. The molecule has 0 saturated heterocycles. The van der Waals surface area contributed by atoms with Gasteiger partial charge in [-0.25, -0.2) is 13.6 Å². The molecule has 8 heteroatoms. The number of nitro benzene ring substituents is 1. The molecule has 3 rings (SSSR count). The van der Waals surface area contributed by atoms with Gasteiger partial charge in [0.1, 0.15) is 22.9 Å². The first-order valence-electron chi connectivity index (χ1n) is 8.44. The van der Waals surface area contributed by atoms with E-state index >= 15 is 0 Å². The van der Waals surface area contributed by atoms with Gasteiger partial charge in [-0.05, 0) is 29.8 Å². The summed E-state index contributed by atoms with van der Waals surface area (Å²) in [6.07, 6.45) is -1.04. The molecule has 0 N–H and O–H groups in total. The van der Waals surface area contributed by atoms with Crippen molar-refractivity contribution in [1.29, 1.82) is 0 Å². The molecular weight excluding hydrogens is 384 g/mol. The Morgan fingerprint density at radius 1 is 1.03 bits per heavy atom. The van der Waals surface area contributed by atoms with Crippen LogP contribution in [0.15, 0.2) is 66.7 Å². The van der Waals surface area contributed by atoms with Crippen LogP contribution in [0.25, 0.3) is 0 Å². The van der Waals surface area contributed by atoms with Gasteiger partial charge in [-0.1, -0.05) is 30.3 Å². The van der Waals surface area contributed by atoms with Crippen LogP contribution in [0, 0.1) is 21.7 Å². The van der Waals surface area contributed by atoms with E-state index in [0.717, 1.165) is 19.2 Å². The van der Waals surface area contributed by atoms with Crippen LogP contribution in [0.4, 0.5) is 14.5 Å². The highest BCUT2D eigenvalue weighted by atomic mass is 19.1. The number of nitro groups is 1. The summed E-state index contributed by atoms with van der Waals surface area (Å²) in [5.74, 6) is -1.94. The summed E-state index contributed by atoms with van der Waals surface area (Å²) in [7, 11) is 1.12. The smallest absolute Gasteiger partial charge is 0.341 e. The summed E-state index contributed by atoms with van der Waals surface area (Å²) in [5, 5.41) is 11.0. The first kappa shape index (κ1) is 19.9. The first-order valence-corrected chi connectivity index (χ1v) is 8.44. The molecule has 0 radical (unpaired) electrons. The number of hydrogen-bond acceptors (Lipinski definition) is 5. The standard InChI is InChI=1S/C21H15F2NO5/c1-28-21(25)17-12-15(24(26)27)10-11-19(17)29-20(13-6-8-14(22)9-7-13)16-4-2-3-5-18(16)23/h2-12,20H,1H3. The first-order chi connectivity index (χ1) is 13.9. The molecule has 0 aliphatic heterocycles. The molecule has 0 bridgehead atoms. The van der Waals surface area contributed by atoms with E-state index in [1.807, 2.05) is 0 Å². The van der Waals surface area contributed by atoms with Crippen molar-refractivity contribution in [1.82, 2.24) is 0 Å². The molecule has 0 aliphatic rings. The fourth-order valence-electron chi connectivity index (χ4n) is 2.77. The van der Waals surface area contributed by atoms with E-state index in [4.69, 9.17) is 4.74 Å². The minimum absolute atomic E-state index is 0.0416.